The number of allylic oxidation sites excluding steroid dienone is 1. The van der Waals surface area contributed by atoms with E-state index in [0.717, 1.165) is 11.1 Å². The Labute approximate surface area is 185 Å². The van der Waals surface area contributed by atoms with Crippen LogP contribution in [0.15, 0.2) is 58.3 Å². The van der Waals surface area contributed by atoms with Gasteiger partial charge < -0.3 is 4.90 Å². The summed E-state index contributed by atoms with van der Waals surface area (Å²) in [4.78, 5) is 33.4. The predicted molar refractivity (Wildman–Crippen MR) is 127 cm³/mol. The van der Waals surface area contributed by atoms with E-state index in [2.05, 4.69) is 6.58 Å². The summed E-state index contributed by atoms with van der Waals surface area (Å²) in [5.74, 6) is 0.281. The molecule has 0 bridgehead atoms. The first-order chi connectivity index (χ1) is 14.3. The number of fused-ring (bicyclic) bond motifs is 1. The average Bonchev–Trinajstić information content (AvgIpc) is 3.13. The van der Waals surface area contributed by atoms with E-state index in [9.17, 15) is 9.59 Å². The molecule has 0 atom stereocenters. The summed E-state index contributed by atoms with van der Waals surface area (Å²) in [7, 11) is 0. The van der Waals surface area contributed by atoms with Crippen LogP contribution >= 0.6 is 23.1 Å². The van der Waals surface area contributed by atoms with Gasteiger partial charge in [0, 0.05) is 29.6 Å². The number of thioether (sulfide) groups is 1. The molecule has 0 fully saturated rings. The van der Waals surface area contributed by atoms with Gasteiger partial charge in [-0.05, 0) is 33.3 Å². The number of hydrogen-bond donors (Lipinski definition) is 0. The van der Waals surface area contributed by atoms with Crippen LogP contribution in [-0.2, 0) is 11.3 Å². The third-order valence-corrected chi connectivity index (χ3v) is 6.61. The van der Waals surface area contributed by atoms with Crippen molar-refractivity contribution in [1.29, 1.82) is 0 Å². The van der Waals surface area contributed by atoms with Gasteiger partial charge in [-0.15, -0.1) is 17.9 Å². The van der Waals surface area contributed by atoms with Crippen molar-refractivity contribution in [2.45, 2.75) is 51.5 Å². The third kappa shape index (κ3) is 4.52. The van der Waals surface area contributed by atoms with Gasteiger partial charge in [-0.25, -0.2) is 4.98 Å². The molecule has 0 N–H and O–H groups in total. The number of thiophene rings is 1. The number of amides is 1. The van der Waals surface area contributed by atoms with E-state index >= 15 is 0 Å². The maximum Gasteiger partial charge on any atom is 0.263 e. The molecule has 0 spiro atoms. The first-order valence-electron chi connectivity index (χ1n) is 9.97. The van der Waals surface area contributed by atoms with Gasteiger partial charge in [0.15, 0.2) is 5.16 Å². The van der Waals surface area contributed by atoms with E-state index in [1.807, 2.05) is 68.3 Å². The number of aromatic nitrogens is 2. The molecule has 0 radical (unpaired) electrons. The molecule has 30 heavy (non-hydrogen) atoms. The normalized spacial score (nSPS) is 11.4. The topological polar surface area (TPSA) is 55.2 Å². The lowest BCUT2D eigenvalue weighted by atomic mass is 10.1. The summed E-state index contributed by atoms with van der Waals surface area (Å²) in [5, 5.41) is 3.15. The van der Waals surface area contributed by atoms with Crippen LogP contribution in [0.25, 0.3) is 21.3 Å². The van der Waals surface area contributed by atoms with Gasteiger partial charge >= 0.3 is 0 Å². The molecule has 2 heterocycles. The fraction of sp³-hybridized carbons (Fsp3) is 0.348. The molecule has 0 saturated heterocycles. The van der Waals surface area contributed by atoms with Crippen molar-refractivity contribution >= 4 is 39.2 Å². The molecule has 3 aromatic rings. The minimum atomic E-state index is -0.0977. The number of carbonyl (C=O) groups excluding carboxylic acids is 1. The summed E-state index contributed by atoms with van der Waals surface area (Å²) in [6, 6.07) is 10.1. The SMILES string of the molecule is C=CCn1c(SCC(=O)N(C(C)C)C(C)C)nc2scc(-c3ccccc3)c2c1=O. The highest BCUT2D eigenvalue weighted by Gasteiger charge is 2.22. The Morgan fingerprint density at radius 3 is 2.50 bits per heavy atom. The lowest BCUT2D eigenvalue weighted by molar-refractivity contribution is -0.131. The van der Waals surface area contributed by atoms with Crippen LogP contribution in [0.1, 0.15) is 27.7 Å². The van der Waals surface area contributed by atoms with Crippen LogP contribution in [0.5, 0.6) is 0 Å². The number of carbonyl (C=O) groups is 1. The van der Waals surface area contributed by atoms with Crippen molar-refractivity contribution in [2.24, 2.45) is 0 Å². The molecule has 7 heteroatoms. The molecule has 2 aromatic heterocycles. The summed E-state index contributed by atoms with van der Waals surface area (Å²) >= 11 is 2.77. The van der Waals surface area contributed by atoms with E-state index in [1.165, 1.54) is 23.1 Å². The Morgan fingerprint density at radius 1 is 1.23 bits per heavy atom. The maximum absolute atomic E-state index is 13.4. The second kappa shape index (κ2) is 9.62. The molecule has 5 nitrogen and oxygen atoms in total. The van der Waals surface area contributed by atoms with Crippen molar-refractivity contribution in [3.8, 4) is 11.1 Å². The molecular weight excluding hydrogens is 414 g/mol. The summed E-state index contributed by atoms with van der Waals surface area (Å²) < 4.78 is 1.61. The predicted octanol–water partition coefficient (Wildman–Crippen LogP) is 5.05. The van der Waals surface area contributed by atoms with Crippen molar-refractivity contribution in [3.05, 3.63) is 58.7 Å². The fourth-order valence-electron chi connectivity index (χ4n) is 3.61. The van der Waals surface area contributed by atoms with Crippen LogP contribution < -0.4 is 5.56 Å². The second-order valence-electron chi connectivity index (χ2n) is 7.57. The maximum atomic E-state index is 13.4. The Kier molecular flexibility index (Phi) is 7.15. The summed E-state index contributed by atoms with van der Waals surface area (Å²) in [5.41, 5.74) is 1.79. The van der Waals surface area contributed by atoms with Crippen LogP contribution in [0.3, 0.4) is 0 Å². The number of benzene rings is 1. The molecular formula is C23H27N3O2S2. The third-order valence-electron chi connectivity index (χ3n) is 4.78. The van der Waals surface area contributed by atoms with E-state index in [4.69, 9.17) is 4.98 Å². The Hall–Kier alpha value is -2.38. The Balaban J connectivity index is 2.00. The molecule has 0 aliphatic rings. The van der Waals surface area contributed by atoms with Gasteiger partial charge in [-0.2, -0.15) is 0 Å². The van der Waals surface area contributed by atoms with Gasteiger partial charge in [-0.1, -0.05) is 48.2 Å². The first-order valence-corrected chi connectivity index (χ1v) is 11.8. The molecule has 0 unspecified atom stereocenters. The quantitative estimate of drug-likeness (QED) is 0.279. The first kappa shape index (κ1) is 22.3. The van der Waals surface area contributed by atoms with E-state index < -0.39 is 0 Å². The zero-order chi connectivity index (χ0) is 21.8. The van der Waals surface area contributed by atoms with Gasteiger partial charge in [0.25, 0.3) is 5.56 Å². The molecule has 0 saturated carbocycles. The van der Waals surface area contributed by atoms with E-state index in [0.29, 0.717) is 21.9 Å². The Morgan fingerprint density at radius 2 is 1.90 bits per heavy atom. The molecule has 0 aliphatic carbocycles. The van der Waals surface area contributed by atoms with Crippen molar-refractivity contribution in [1.82, 2.24) is 14.5 Å². The van der Waals surface area contributed by atoms with E-state index in [-0.39, 0.29) is 29.3 Å². The highest BCUT2D eigenvalue weighted by atomic mass is 32.2. The standard InChI is InChI=1S/C23H27N3O2S2/c1-6-12-25-22(28)20-18(17-10-8-7-9-11-17)13-29-21(20)24-23(25)30-14-19(27)26(15(2)3)16(4)5/h6-11,13,15-16H,1,12,14H2,2-5H3. The minimum absolute atomic E-state index is 0.0423. The van der Waals surface area contributed by atoms with Crippen molar-refractivity contribution in [3.63, 3.8) is 0 Å². The van der Waals surface area contributed by atoms with Crippen LogP contribution in [-0.4, -0.2) is 38.2 Å². The minimum Gasteiger partial charge on any atom is -0.337 e. The van der Waals surface area contributed by atoms with Crippen LogP contribution in [0.2, 0.25) is 0 Å². The molecule has 1 amide bonds. The smallest absolute Gasteiger partial charge is 0.263 e. The van der Waals surface area contributed by atoms with E-state index in [1.54, 1.807) is 10.6 Å². The number of hydrogen-bond acceptors (Lipinski definition) is 5. The zero-order valence-corrected chi connectivity index (χ0v) is 19.4. The zero-order valence-electron chi connectivity index (χ0n) is 17.8. The summed E-state index contributed by atoms with van der Waals surface area (Å²) in [6.07, 6.45) is 1.68. The second-order valence-corrected chi connectivity index (χ2v) is 9.37. The molecule has 3 rings (SSSR count). The molecule has 158 valence electrons. The number of nitrogens with zero attached hydrogens (tertiary/aromatic N) is 3. The highest BCUT2D eigenvalue weighted by Crippen LogP contribution is 2.32. The van der Waals surface area contributed by atoms with Gasteiger partial charge in [0.1, 0.15) is 4.83 Å². The fourth-order valence-corrected chi connectivity index (χ4v) is 5.48. The number of rotatable bonds is 8. The van der Waals surface area contributed by atoms with Crippen LogP contribution in [0.4, 0.5) is 0 Å². The molecule has 0 aliphatic heterocycles. The van der Waals surface area contributed by atoms with Gasteiger partial charge in [-0.3, -0.25) is 14.2 Å². The lowest BCUT2D eigenvalue weighted by Gasteiger charge is -2.30. The van der Waals surface area contributed by atoms with Crippen molar-refractivity contribution < 1.29 is 4.79 Å². The largest absolute Gasteiger partial charge is 0.337 e. The van der Waals surface area contributed by atoms with Gasteiger partial charge in [0.2, 0.25) is 5.91 Å². The van der Waals surface area contributed by atoms with Gasteiger partial charge in [0.05, 0.1) is 11.1 Å². The lowest BCUT2D eigenvalue weighted by Crippen LogP contribution is -2.43. The molecule has 1 aromatic carbocycles. The summed E-state index contributed by atoms with van der Waals surface area (Å²) in [6.45, 7) is 12.2. The van der Waals surface area contributed by atoms with Crippen LogP contribution in [0, 0.1) is 0 Å². The monoisotopic (exact) mass is 441 g/mol. The van der Waals surface area contributed by atoms with Crippen molar-refractivity contribution in [2.75, 3.05) is 5.75 Å². The average molecular weight is 442 g/mol. The Bertz CT molecular complexity index is 1090. The highest BCUT2D eigenvalue weighted by molar-refractivity contribution is 7.99.